The Morgan fingerprint density at radius 3 is 2.85 bits per heavy atom. The summed E-state index contributed by atoms with van der Waals surface area (Å²) in [6, 6.07) is 6.21. The van der Waals surface area contributed by atoms with Crippen LogP contribution >= 0.6 is 11.3 Å². The first-order valence-corrected chi connectivity index (χ1v) is 6.54. The van der Waals surface area contributed by atoms with Crippen LogP contribution in [0.4, 0.5) is 5.69 Å². The molecule has 20 heavy (non-hydrogen) atoms. The van der Waals surface area contributed by atoms with E-state index in [1.54, 1.807) is 24.4 Å². The van der Waals surface area contributed by atoms with Crippen LogP contribution in [0.5, 0.6) is 5.75 Å². The van der Waals surface area contributed by atoms with Crippen LogP contribution in [0.15, 0.2) is 29.6 Å². The fraction of sp³-hybridized carbons (Fsp3) is 0.154. The number of rotatable bonds is 5. The zero-order valence-corrected chi connectivity index (χ0v) is 11.3. The van der Waals surface area contributed by atoms with Gasteiger partial charge in [-0.1, -0.05) is 12.1 Å². The number of nitro groups is 1. The summed E-state index contributed by atoms with van der Waals surface area (Å²) in [5.41, 5.74) is 1.29. The molecule has 0 unspecified atom stereocenters. The maximum atomic E-state index is 10.8. The Bertz CT molecular complexity index is 665. The van der Waals surface area contributed by atoms with Crippen molar-refractivity contribution in [2.45, 2.75) is 13.5 Å². The molecule has 1 heterocycles. The third kappa shape index (κ3) is 2.94. The summed E-state index contributed by atoms with van der Waals surface area (Å²) in [6.45, 7) is 1.82. The molecule has 1 aromatic heterocycles. The van der Waals surface area contributed by atoms with Crippen molar-refractivity contribution in [1.29, 1.82) is 0 Å². The topological polar surface area (TPSA) is 89.7 Å². The predicted molar refractivity (Wildman–Crippen MR) is 73.4 cm³/mol. The molecule has 7 heteroatoms. The fourth-order valence-corrected chi connectivity index (χ4v) is 2.36. The number of aromatic carboxylic acids is 1. The van der Waals surface area contributed by atoms with Gasteiger partial charge in [-0.05, 0) is 12.5 Å². The zero-order chi connectivity index (χ0) is 14.7. The summed E-state index contributed by atoms with van der Waals surface area (Å²) in [5.74, 6) is -0.560. The molecule has 0 saturated carbocycles. The molecule has 0 fully saturated rings. The lowest BCUT2D eigenvalue weighted by Gasteiger charge is -2.07. The van der Waals surface area contributed by atoms with E-state index in [0.717, 1.165) is 11.3 Å². The van der Waals surface area contributed by atoms with E-state index in [2.05, 4.69) is 0 Å². The second kappa shape index (κ2) is 5.70. The monoisotopic (exact) mass is 293 g/mol. The smallest absolute Gasteiger partial charge is 0.346 e. The summed E-state index contributed by atoms with van der Waals surface area (Å²) in [6.07, 6.45) is 0. The quantitative estimate of drug-likeness (QED) is 0.675. The molecule has 0 bridgehead atoms. The minimum Gasteiger partial charge on any atom is -0.488 e. The molecule has 2 aromatic rings. The number of hydrogen-bond acceptors (Lipinski definition) is 5. The van der Waals surface area contributed by atoms with E-state index in [1.807, 2.05) is 0 Å². The van der Waals surface area contributed by atoms with Crippen LogP contribution in [0.25, 0.3) is 0 Å². The predicted octanol–water partition coefficient (Wildman–Crippen LogP) is 3.24. The van der Waals surface area contributed by atoms with Gasteiger partial charge in [0.15, 0.2) is 0 Å². The van der Waals surface area contributed by atoms with Crippen molar-refractivity contribution in [3.05, 3.63) is 55.8 Å². The van der Waals surface area contributed by atoms with Crippen molar-refractivity contribution < 1.29 is 19.6 Å². The highest BCUT2D eigenvalue weighted by Crippen LogP contribution is 2.25. The van der Waals surface area contributed by atoms with Gasteiger partial charge in [0.05, 0.1) is 4.92 Å². The Hall–Kier alpha value is -2.41. The second-order valence-electron chi connectivity index (χ2n) is 4.06. The standard InChI is InChI=1S/C13H11NO5S/c1-8-9(3-2-4-11(8)14(17)18)6-19-10-5-12(13(15)16)20-7-10/h2-5,7H,6H2,1H3,(H,15,16). The normalized spacial score (nSPS) is 10.2. The third-order valence-corrected chi connectivity index (χ3v) is 3.69. The molecule has 1 N–H and O–H groups in total. The molecule has 0 saturated heterocycles. The first-order valence-electron chi connectivity index (χ1n) is 5.66. The Kier molecular flexibility index (Phi) is 3.99. The van der Waals surface area contributed by atoms with Gasteiger partial charge in [-0.25, -0.2) is 4.79 Å². The van der Waals surface area contributed by atoms with Gasteiger partial charge in [-0.3, -0.25) is 10.1 Å². The third-order valence-electron chi connectivity index (χ3n) is 2.79. The van der Waals surface area contributed by atoms with Gasteiger partial charge in [-0.15, -0.1) is 11.3 Å². The summed E-state index contributed by atoms with van der Waals surface area (Å²) in [4.78, 5) is 21.3. The summed E-state index contributed by atoms with van der Waals surface area (Å²) < 4.78 is 5.46. The maximum Gasteiger partial charge on any atom is 0.346 e. The molecule has 0 spiro atoms. The zero-order valence-electron chi connectivity index (χ0n) is 10.5. The highest BCUT2D eigenvalue weighted by atomic mass is 32.1. The van der Waals surface area contributed by atoms with E-state index < -0.39 is 10.9 Å². The number of thiophene rings is 1. The van der Waals surface area contributed by atoms with Crippen LogP contribution < -0.4 is 4.74 Å². The van der Waals surface area contributed by atoms with Crippen LogP contribution in [-0.4, -0.2) is 16.0 Å². The van der Waals surface area contributed by atoms with E-state index in [9.17, 15) is 14.9 Å². The van der Waals surface area contributed by atoms with Gasteiger partial charge in [0, 0.05) is 23.1 Å². The van der Waals surface area contributed by atoms with Crippen molar-refractivity contribution >= 4 is 23.0 Å². The number of carboxylic acid groups (broad SMARTS) is 1. The average Bonchev–Trinajstić information content (AvgIpc) is 2.86. The molecular formula is C13H11NO5S. The molecular weight excluding hydrogens is 282 g/mol. The largest absolute Gasteiger partial charge is 0.488 e. The molecule has 0 amide bonds. The average molecular weight is 293 g/mol. The van der Waals surface area contributed by atoms with Crippen molar-refractivity contribution in [1.82, 2.24) is 0 Å². The van der Waals surface area contributed by atoms with Crippen LogP contribution in [0, 0.1) is 17.0 Å². The summed E-state index contributed by atoms with van der Waals surface area (Å²) in [7, 11) is 0. The SMILES string of the molecule is Cc1c(COc2csc(C(=O)O)c2)cccc1[N+](=O)[O-]. The van der Waals surface area contributed by atoms with E-state index in [-0.39, 0.29) is 17.2 Å². The Labute approximate surface area is 118 Å². The minimum atomic E-state index is -1.00. The number of carbonyl (C=O) groups is 1. The number of nitrogens with zero attached hydrogens (tertiary/aromatic N) is 1. The summed E-state index contributed by atoms with van der Waals surface area (Å²) in [5, 5.41) is 21.2. The highest BCUT2D eigenvalue weighted by Gasteiger charge is 2.14. The molecule has 1 aromatic carbocycles. The first kappa shape index (κ1) is 14.0. The van der Waals surface area contributed by atoms with Crippen LogP contribution in [-0.2, 0) is 6.61 Å². The number of benzene rings is 1. The molecule has 0 aliphatic heterocycles. The molecule has 6 nitrogen and oxygen atoms in total. The maximum absolute atomic E-state index is 10.8. The summed E-state index contributed by atoms with van der Waals surface area (Å²) >= 11 is 1.07. The number of nitro benzene ring substituents is 1. The van der Waals surface area contributed by atoms with Gasteiger partial charge in [0.25, 0.3) is 5.69 Å². The van der Waals surface area contributed by atoms with E-state index >= 15 is 0 Å². The van der Waals surface area contributed by atoms with E-state index in [1.165, 1.54) is 12.1 Å². The van der Waals surface area contributed by atoms with Crippen molar-refractivity contribution in [2.75, 3.05) is 0 Å². The fourth-order valence-electron chi connectivity index (χ4n) is 1.69. The van der Waals surface area contributed by atoms with Crippen molar-refractivity contribution in [2.24, 2.45) is 0 Å². The Morgan fingerprint density at radius 1 is 1.50 bits per heavy atom. The lowest BCUT2D eigenvalue weighted by molar-refractivity contribution is -0.385. The van der Waals surface area contributed by atoms with E-state index in [0.29, 0.717) is 16.9 Å². The number of hydrogen-bond donors (Lipinski definition) is 1. The molecule has 0 aliphatic carbocycles. The second-order valence-corrected chi connectivity index (χ2v) is 4.97. The molecule has 2 rings (SSSR count). The first-order chi connectivity index (χ1) is 9.49. The molecule has 0 radical (unpaired) electrons. The van der Waals surface area contributed by atoms with Crippen LogP contribution in [0.1, 0.15) is 20.8 Å². The Balaban J connectivity index is 2.12. The number of carboxylic acids is 1. The van der Waals surface area contributed by atoms with Gasteiger partial charge >= 0.3 is 5.97 Å². The lowest BCUT2D eigenvalue weighted by atomic mass is 10.1. The van der Waals surface area contributed by atoms with Gasteiger partial charge in [0.2, 0.25) is 0 Å². The van der Waals surface area contributed by atoms with Gasteiger partial charge < -0.3 is 9.84 Å². The van der Waals surface area contributed by atoms with E-state index in [4.69, 9.17) is 9.84 Å². The van der Waals surface area contributed by atoms with Crippen LogP contribution in [0.3, 0.4) is 0 Å². The Morgan fingerprint density at radius 2 is 2.25 bits per heavy atom. The molecule has 104 valence electrons. The molecule has 0 aliphatic rings. The minimum absolute atomic E-state index is 0.0441. The molecule has 0 atom stereocenters. The number of ether oxygens (including phenoxy) is 1. The lowest BCUT2D eigenvalue weighted by Crippen LogP contribution is -2.00. The van der Waals surface area contributed by atoms with Crippen LogP contribution in [0.2, 0.25) is 0 Å². The van der Waals surface area contributed by atoms with Crippen molar-refractivity contribution in [3.63, 3.8) is 0 Å². The van der Waals surface area contributed by atoms with Gasteiger partial charge in [0.1, 0.15) is 17.2 Å². The highest BCUT2D eigenvalue weighted by molar-refractivity contribution is 7.12. The van der Waals surface area contributed by atoms with Crippen molar-refractivity contribution in [3.8, 4) is 5.75 Å². The van der Waals surface area contributed by atoms with Gasteiger partial charge in [-0.2, -0.15) is 0 Å².